The van der Waals surface area contributed by atoms with Gasteiger partial charge in [0.15, 0.2) is 0 Å². The van der Waals surface area contributed by atoms with Crippen LogP contribution in [0.4, 0.5) is 8.78 Å². The van der Waals surface area contributed by atoms with Crippen LogP contribution in [-0.2, 0) is 22.7 Å². The zero-order valence-electron chi connectivity index (χ0n) is 19.0. The second kappa shape index (κ2) is 11.4. The molecule has 0 fully saturated rings. The topological polar surface area (TPSA) is 67.4 Å². The SMILES string of the molecule is Cc1ccccc1C1=NO[C@@H](CN(Cc2ccc(F)cc2F)C[C@H](O)COCc2ccco2)C1. The van der Waals surface area contributed by atoms with Crippen molar-refractivity contribution in [2.24, 2.45) is 5.16 Å². The van der Waals surface area contributed by atoms with E-state index < -0.39 is 17.7 Å². The van der Waals surface area contributed by atoms with E-state index in [-0.39, 0.29) is 32.4 Å². The first kappa shape index (κ1) is 24.1. The number of hydrogen-bond donors (Lipinski definition) is 1. The zero-order chi connectivity index (χ0) is 23.9. The number of rotatable bonds is 11. The third-order valence-electron chi connectivity index (χ3n) is 5.66. The summed E-state index contributed by atoms with van der Waals surface area (Å²) in [5.41, 5.74) is 3.34. The lowest BCUT2D eigenvalue weighted by Crippen LogP contribution is -2.39. The van der Waals surface area contributed by atoms with E-state index in [2.05, 4.69) is 5.16 Å². The highest BCUT2D eigenvalue weighted by atomic mass is 19.1. The lowest BCUT2D eigenvalue weighted by Gasteiger charge is -2.27. The molecular weight excluding hydrogens is 442 g/mol. The standard InChI is InChI=1S/C26H28F2N2O4/c1-18-5-2-3-7-24(18)26-12-23(34-29-26)15-30(13-19-8-9-20(27)11-25(19)28)14-21(31)16-32-17-22-6-4-10-33-22/h2-11,21,23,31H,12-17H2,1H3/t21-,23+/m0/s1. The van der Waals surface area contributed by atoms with Crippen molar-refractivity contribution in [2.45, 2.75) is 38.7 Å². The number of furan rings is 1. The Kier molecular flexibility index (Phi) is 8.05. The van der Waals surface area contributed by atoms with Gasteiger partial charge in [-0.2, -0.15) is 0 Å². The van der Waals surface area contributed by atoms with Gasteiger partial charge in [0.1, 0.15) is 30.1 Å². The molecule has 8 heteroatoms. The molecule has 180 valence electrons. The maximum absolute atomic E-state index is 14.3. The van der Waals surface area contributed by atoms with E-state index in [0.717, 1.165) is 22.9 Å². The largest absolute Gasteiger partial charge is 0.467 e. The van der Waals surface area contributed by atoms with Crippen LogP contribution in [0.5, 0.6) is 0 Å². The molecule has 6 nitrogen and oxygen atoms in total. The fraction of sp³-hybridized carbons (Fsp3) is 0.346. The minimum absolute atomic E-state index is 0.0829. The Morgan fingerprint density at radius 2 is 2.03 bits per heavy atom. The van der Waals surface area contributed by atoms with E-state index in [0.29, 0.717) is 24.3 Å². The van der Waals surface area contributed by atoms with Crippen LogP contribution < -0.4 is 0 Å². The molecule has 1 aromatic heterocycles. The van der Waals surface area contributed by atoms with Crippen molar-refractivity contribution in [3.05, 3.63) is 94.9 Å². The Labute approximate surface area is 197 Å². The fourth-order valence-corrected chi connectivity index (χ4v) is 4.01. The van der Waals surface area contributed by atoms with Crippen molar-refractivity contribution in [3.8, 4) is 0 Å². The van der Waals surface area contributed by atoms with Gasteiger partial charge < -0.3 is 19.1 Å². The summed E-state index contributed by atoms with van der Waals surface area (Å²) in [6.45, 7) is 3.16. The lowest BCUT2D eigenvalue weighted by molar-refractivity contribution is -0.00976. The first-order valence-electron chi connectivity index (χ1n) is 11.2. The lowest BCUT2D eigenvalue weighted by atomic mass is 10.00. The van der Waals surface area contributed by atoms with Gasteiger partial charge in [-0.15, -0.1) is 0 Å². The predicted octanol–water partition coefficient (Wildman–Crippen LogP) is 4.44. The van der Waals surface area contributed by atoms with Crippen molar-refractivity contribution in [1.82, 2.24) is 4.90 Å². The minimum Gasteiger partial charge on any atom is -0.467 e. The summed E-state index contributed by atoms with van der Waals surface area (Å²) in [5.74, 6) is -0.593. The molecule has 0 unspecified atom stereocenters. The summed E-state index contributed by atoms with van der Waals surface area (Å²) < 4.78 is 38.5. The molecule has 2 heterocycles. The molecule has 1 aliphatic heterocycles. The molecule has 1 N–H and O–H groups in total. The minimum atomic E-state index is -0.823. The van der Waals surface area contributed by atoms with Crippen molar-refractivity contribution in [1.29, 1.82) is 0 Å². The van der Waals surface area contributed by atoms with E-state index in [9.17, 15) is 13.9 Å². The van der Waals surface area contributed by atoms with E-state index in [1.807, 2.05) is 36.1 Å². The Bertz CT molecular complexity index is 1100. The van der Waals surface area contributed by atoms with Crippen LogP contribution in [0.1, 0.15) is 28.9 Å². The number of nitrogens with zero attached hydrogens (tertiary/aromatic N) is 2. The summed E-state index contributed by atoms with van der Waals surface area (Å²) in [6, 6.07) is 15.0. The fourth-order valence-electron chi connectivity index (χ4n) is 4.01. The summed E-state index contributed by atoms with van der Waals surface area (Å²) in [6.07, 6.45) is 1.08. The van der Waals surface area contributed by atoms with Gasteiger partial charge in [-0.05, 0) is 30.7 Å². The highest BCUT2D eigenvalue weighted by molar-refractivity contribution is 6.02. The van der Waals surface area contributed by atoms with Crippen LogP contribution in [0, 0.1) is 18.6 Å². The molecule has 0 radical (unpaired) electrons. The number of aliphatic hydroxyl groups is 1. The monoisotopic (exact) mass is 470 g/mol. The predicted molar refractivity (Wildman–Crippen MR) is 123 cm³/mol. The summed E-state index contributed by atoms with van der Waals surface area (Å²) in [7, 11) is 0. The summed E-state index contributed by atoms with van der Waals surface area (Å²) >= 11 is 0. The highest BCUT2D eigenvalue weighted by Crippen LogP contribution is 2.21. The first-order valence-corrected chi connectivity index (χ1v) is 11.2. The number of halogens is 2. The molecule has 2 aromatic carbocycles. The molecular formula is C26H28F2N2O4. The Morgan fingerprint density at radius 1 is 1.18 bits per heavy atom. The first-order chi connectivity index (χ1) is 16.5. The van der Waals surface area contributed by atoms with Gasteiger partial charge in [-0.3, -0.25) is 4.90 Å². The second-order valence-electron chi connectivity index (χ2n) is 8.46. The van der Waals surface area contributed by atoms with Crippen LogP contribution in [0.25, 0.3) is 0 Å². The molecule has 0 aliphatic carbocycles. The van der Waals surface area contributed by atoms with E-state index in [1.54, 1.807) is 18.4 Å². The third kappa shape index (κ3) is 6.50. The van der Waals surface area contributed by atoms with Gasteiger partial charge in [0.2, 0.25) is 0 Å². The van der Waals surface area contributed by atoms with E-state index >= 15 is 0 Å². The summed E-state index contributed by atoms with van der Waals surface area (Å²) in [4.78, 5) is 7.54. The average Bonchev–Trinajstić information content (AvgIpc) is 3.48. The Hall–Kier alpha value is -3.07. The van der Waals surface area contributed by atoms with Gasteiger partial charge in [0.05, 0.1) is 24.7 Å². The molecule has 34 heavy (non-hydrogen) atoms. The molecule has 2 atom stereocenters. The number of oxime groups is 1. The van der Waals surface area contributed by atoms with Crippen LogP contribution in [0.3, 0.4) is 0 Å². The van der Waals surface area contributed by atoms with Gasteiger partial charge in [0, 0.05) is 43.2 Å². The van der Waals surface area contributed by atoms with Crippen LogP contribution in [0.15, 0.2) is 70.4 Å². The summed E-state index contributed by atoms with van der Waals surface area (Å²) in [5, 5.41) is 14.8. The molecule has 4 rings (SSSR count). The number of hydrogen-bond acceptors (Lipinski definition) is 6. The van der Waals surface area contributed by atoms with Gasteiger partial charge in [-0.25, -0.2) is 8.78 Å². The zero-order valence-corrected chi connectivity index (χ0v) is 19.0. The van der Waals surface area contributed by atoms with Gasteiger partial charge in [0.25, 0.3) is 0 Å². The van der Waals surface area contributed by atoms with Crippen LogP contribution in [0.2, 0.25) is 0 Å². The smallest absolute Gasteiger partial charge is 0.145 e. The van der Waals surface area contributed by atoms with Gasteiger partial charge in [-0.1, -0.05) is 35.5 Å². The van der Waals surface area contributed by atoms with E-state index in [1.165, 1.54) is 12.1 Å². The van der Waals surface area contributed by atoms with E-state index in [4.69, 9.17) is 14.0 Å². The maximum atomic E-state index is 14.3. The number of ether oxygens (including phenoxy) is 1. The van der Waals surface area contributed by atoms with Crippen LogP contribution >= 0.6 is 0 Å². The molecule has 0 saturated heterocycles. The number of benzene rings is 2. The number of aliphatic hydroxyl groups excluding tert-OH is 1. The van der Waals surface area contributed by atoms with Crippen molar-refractivity contribution in [3.63, 3.8) is 0 Å². The molecule has 0 bridgehead atoms. The molecule has 1 aliphatic rings. The second-order valence-corrected chi connectivity index (χ2v) is 8.46. The molecule has 0 amide bonds. The normalized spacial score (nSPS) is 16.5. The van der Waals surface area contributed by atoms with Crippen molar-refractivity contribution < 1.29 is 27.9 Å². The molecule has 0 saturated carbocycles. The third-order valence-corrected chi connectivity index (χ3v) is 5.66. The molecule has 3 aromatic rings. The Balaban J connectivity index is 1.38. The quantitative estimate of drug-likeness (QED) is 0.449. The van der Waals surface area contributed by atoms with Crippen LogP contribution in [-0.4, -0.2) is 47.6 Å². The van der Waals surface area contributed by atoms with Crippen molar-refractivity contribution >= 4 is 5.71 Å². The van der Waals surface area contributed by atoms with Crippen molar-refractivity contribution in [2.75, 3.05) is 19.7 Å². The number of aryl methyl sites for hydroxylation is 1. The Morgan fingerprint density at radius 3 is 2.79 bits per heavy atom. The van der Waals surface area contributed by atoms with Gasteiger partial charge >= 0.3 is 0 Å². The average molecular weight is 471 g/mol. The highest BCUT2D eigenvalue weighted by Gasteiger charge is 2.27. The maximum Gasteiger partial charge on any atom is 0.145 e. The molecule has 0 spiro atoms.